The van der Waals surface area contributed by atoms with Crippen LogP contribution < -0.4 is 14.8 Å². The van der Waals surface area contributed by atoms with Gasteiger partial charge >= 0.3 is 5.97 Å². The van der Waals surface area contributed by atoms with Gasteiger partial charge in [-0.3, -0.25) is 4.79 Å². The zero-order valence-corrected chi connectivity index (χ0v) is 22.6. The topological polar surface area (TPSA) is 72.5 Å². The summed E-state index contributed by atoms with van der Waals surface area (Å²) < 4.78 is 13.8. The van der Waals surface area contributed by atoms with Gasteiger partial charge in [-0.05, 0) is 74.5 Å². The van der Waals surface area contributed by atoms with E-state index in [1.807, 2.05) is 57.3 Å². The van der Waals surface area contributed by atoms with Crippen molar-refractivity contribution in [2.45, 2.75) is 50.8 Å². The third-order valence-electron chi connectivity index (χ3n) is 5.71. The molecule has 0 bridgehead atoms. The van der Waals surface area contributed by atoms with Crippen LogP contribution in [-0.2, 0) is 9.53 Å². The Morgan fingerprint density at radius 2 is 1.89 bits per heavy atom. The highest BCUT2D eigenvalue weighted by atomic mass is 32.2. The van der Waals surface area contributed by atoms with Gasteiger partial charge in [0, 0.05) is 12.7 Å². The highest BCUT2D eigenvalue weighted by Crippen LogP contribution is 2.38. The number of aryl methyl sites for hydroxylation is 1. The molecule has 1 heterocycles. The maximum atomic E-state index is 11.2. The first-order valence-electron chi connectivity index (χ1n) is 12.0. The molecule has 1 aliphatic carbocycles. The van der Waals surface area contributed by atoms with E-state index in [1.165, 1.54) is 24.1 Å². The van der Waals surface area contributed by atoms with Crippen LogP contribution in [0.2, 0.25) is 0 Å². The molecule has 2 N–H and O–H groups in total. The van der Waals surface area contributed by atoms with E-state index in [9.17, 15) is 4.79 Å². The number of rotatable bonds is 8. The number of hydrogen-bond donors (Lipinski definition) is 2. The number of nitrogens with one attached hydrogen (secondary N) is 2. The highest BCUT2D eigenvalue weighted by molar-refractivity contribution is 8.00. The van der Waals surface area contributed by atoms with Crippen molar-refractivity contribution < 1.29 is 14.3 Å². The Bertz CT molecular complexity index is 1070. The van der Waals surface area contributed by atoms with Crippen LogP contribution >= 0.6 is 23.3 Å². The van der Waals surface area contributed by atoms with Crippen LogP contribution in [0, 0.1) is 12.8 Å². The van der Waals surface area contributed by atoms with E-state index in [1.54, 1.807) is 30.4 Å². The lowest BCUT2D eigenvalue weighted by atomic mass is 9.89. The highest BCUT2D eigenvalue weighted by Gasteiger charge is 2.21. The summed E-state index contributed by atoms with van der Waals surface area (Å²) in [4.78, 5) is 17.9. The van der Waals surface area contributed by atoms with E-state index < -0.39 is 0 Å². The number of thiazole rings is 1. The average molecular weight is 514 g/mol. The summed E-state index contributed by atoms with van der Waals surface area (Å²) in [5, 5.41) is 4.03. The van der Waals surface area contributed by atoms with Gasteiger partial charge in [0.05, 0.1) is 35.1 Å². The predicted octanol–water partition coefficient (Wildman–Crippen LogP) is 7.42. The molecule has 0 radical (unpaired) electrons. The smallest absolute Gasteiger partial charge is 0.308 e. The standard InChI is InChI=1S/C18H19N3OS2.C9H16O2/c1-12-17(23-18(19-2)20-12)13-9-10-15(22-3)16(11-13)24-21-14-7-5-4-6-8-14;1-2-11-9(10)8-6-4-3-5-7-8/h4-11,21H,1-3H3,(H,19,20);8H,2-7H2,1H3. The Kier molecular flexibility index (Phi) is 10.8. The van der Waals surface area contributed by atoms with Crippen molar-refractivity contribution in [3.05, 3.63) is 54.2 Å². The van der Waals surface area contributed by atoms with Crippen molar-refractivity contribution >= 4 is 40.1 Å². The molecule has 0 amide bonds. The van der Waals surface area contributed by atoms with Crippen molar-refractivity contribution in [2.75, 3.05) is 30.8 Å². The number of anilines is 2. The third kappa shape index (κ3) is 7.90. The maximum absolute atomic E-state index is 11.2. The summed E-state index contributed by atoms with van der Waals surface area (Å²) in [5.41, 5.74) is 3.23. The van der Waals surface area contributed by atoms with Crippen LogP contribution in [0.5, 0.6) is 5.75 Å². The van der Waals surface area contributed by atoms with Crippen LogP contribution in [0.25, 0.3) is 10.4 Å². The Balaban J connectivity index is 0.000000261. The lowest BCUT2D eigenvalue weighted by Crippen LogP contribution is -2.20. The average Bonchev–Trinajstić information content (AvgIpc) is 3.29. The molecule has 0 unspecified atom stereocenters. The molecule has 0 aliphatic heterocycles. The lowest BCUT2D eigenvalue weighted by molar-refractivity contribution is -0.149. The molecule has 3 aromatic rings. The monoisotopic (exact) mass is 513 g/mol. The van der Waals surface area contributed by atoms with Gasteiger partial charge in [-0.1, -0.05) is 48.8 Å². The minimum Gasteiger partial charge on any atom is -0.496 e. The van der Waals surface area contributed by atoms with Crippen LogP contribution in [0.1, 0.15) is 44.7 Å². The first-order valence-corrected chi connectivity index (χ1v) is 13.7. The SMILES string of the molecule is CCOC(=O)C1CCCCC1.CNc1nc(C)c(-c2ccc(OC)c(SNc3ccccc3)c2)s1. The Labute approximate surface area is 217 Å². The second-order valence-corrected chi connectivity index (χ2v) is 10.1. The molecule has 0 saturated heterocycles. The van der Waals surface area contributed by atoms with Crippen LogP contribution in [-0.4, -0.2) is 31.7 Å². The molecule has 0 spiro atoms. The lowest BCUT2D eigenvalue weighted by Gasteiger charge is -2.19. The molecule has 1 saturated carbocycles. The number of esters is 1. The number of ether oxygens (including phenoxy) is 2. The fraction of sp³-hybridized carbons (Fsp3) is 0.407. The molecule has 2 aromatic carbocycles. The summed E-state index contributed by atoms with van der Waals surface area (Å²) in [6, 6.07) is 16.3. The van der Waals surface area contributed by atoms with E-state index in [0.717, 1.165) is 45.6 Å². The molecule has 1 aromatic heterocycles. The quantitative estimate of drug-likeness (QED) is 0.240. The van der Waals surface area contributed by atoms with Crippen LogP contribution in [0.4, 0.5) is 10.8 Å². The van der Waals surface area contributed by atoms with E-state index >= 15 is 0 Å². The summed E-state index contributed by atoms with van der Waals surface area (Å²) >= 11 is 3.20. The molecule has 188 valence electrons. The van der Waals surface area contributed by atoms with Gasteiger partial charge < -0.3 is 19.5 Å². The third-order valence-corrected chi connectivity index (χ3v) is 7.81. The zero-order chi connectivity index (χ0) is 25.0. The first kappa shape index (κ1) is 26.9. The number of benzene rings is 2. The molecular formula is C27H35N3O3S2. The number of carbonyl (C=O) groups excluding carboxylic acids is 1. The van der Waals surface area contributed by atoms with Gasteiger partial charge in [0.2, 0.25) is 0 Å². The number of nitrogens with zero attached hydrogens (tertiary/aromatic N) is 1. The van der Waals surface area contributed by atoms with Crippen LogP contribution in [0.15, 0.2) is 53.4 Å². The largest absolute Gasteiger partial charge is 0.496 e. The van der Waals surface area contributed by atoms with Gasteiger partial charge in [-0.2, -0.15) is 0 Å². The van der Waals surface area contributed by atoms with Crippen molar-refractivity contribution in [1.29, 1.82) is 0 Å². The molecule has 0 atom stereocenters. The van der Waals surface area contributed by atoms with Crippen molar-refractivity contribution in [3.63, 3.8) is 0 Å². The van der Waals surface area contributed by atoms with Gasteiger partial charge in [0.15, 0.2) is 5.13 Å². The van der Waals surface area contributed by atoms with Gasteiger partial charge in [0.25, 0.3) is 0 Å². The normalized spacial score (nSPS) is 13.4. The summed E-state index contributed by atoms with van der Waals surface area (Å²) in [6.07, 6.45) is 5.76. The fourth-order valence-electron chi connectivity index (χ4n) is 3.89. The van der Waals surface area contributed by atoms with Crippen molar-refractivity contribution in [1.82, 2.24) is 4.98 Å². The molecular weight excluding hydrogens is 478 g/mol. The molecule has 4 rings (SSSR count). The Hall–Kier alpha value is -2.71. The molecule has 6 nitrogen and oxygen atoms in total. The molecule has 1 fully saturated rings. The minimum absolute atomic E-state index is 0.0206. The predicted molar refractivity (Wildman–Crippen MR) is 148 cm³/mol. The van der Waals surface area contributed by atoms with Gasteiger partial charge in [-0.15, -0.1) is 0 Å². The van der Waals surface area contributed by atoms with E-state index in [4.69, 9.17) is 9.47 Å². The molecule has 1 aliphatic rings. The molecule has 8 heteroatoms. The van der Waals surface area contributed by atoms with E-state index in [2.05, 4.69) is 27.2 Å². The van der Waals surface area contributed by atoms with Crippen molar-refractivity contribution in [2.24, 2.45) is 5.92 Å². The summed E-state index contributed by atoms with van der Waals surface area (Å²) in [7, 11) is 3.58. The number of aromatic nitrogens is 1. The van der Waals surface area contributed by atoms with Crippen molar-refractivity contribution in [3.8, 4) is 16.2 Å². The number of carbonyl (C=O) groups is 1. The summed E-state index contributed by atoms with van der Waals surface area (Å²) in [6.45, 7) is 4.42. The second kappa shape index (κ2) is 14.0. The fourth-order valence-corrected chi connectivity index (χ4v) is 5.61. The number of hydrogen-bond acceptors (Lipinski definition) is 8. The minimum atomic E-state index is 0.0206. The Morgan fingerprint density at radius 3 is 2.51 bits per heavy atom. The van der Waals surface area contributed by atoms with Gasteiger partial charge in [0.1, 0.15) is 5.75 Å². The Morgan fingerprint density at radius 1 is 1.14 bits per heavy atom. The number of methoxy groups -OCH3 is 1. The van der Waals surface area contributed by atoms with E-state index in [0.29, 0.717) is 6.61 Å². The molecule has 35 heavy (non-hydrogen) atoms. The first-order chi connectivity index (χ1) is 17.0. The second-order valence-electron chi connectivity index (χ2n) is 8.21. The zero-order valence-electron chi connectivity index (χ0n) is 20.9. The number of para-hydroxylation sites is 1. The van der Waals surface area contributed by atoms with Gasteiger partial charge in [-0.25, -0.2) is 4.98 Å². The summed E-state index contributed by atoms with van der Waals surface area (Å²) in [5.74, 6) is 1.08. The van der Waals surface area contributed by atoms with E-state index in [-0.39, 0.29) is 11.9 Å². The van der Waals surface area contributed by atoms with Crippen LogP contribution in [0.3, 0.4) is 0 Å². The maximum Gasteiger partial charge on any atom is 0.308 e.